The van der Waals surface area contributed by atoms with Gasteiger partial charge in [-0.3, -0.25) is 4.98 Å². The van der Waals surface area contributed by atoms with Gasteiger partial charge in [-0.15, -0.1) is 13.2 Å². The smallest absolute Gasteiger partial charge is 0.106 e. The van der Waals surface area contributed by atoms with Crippen LogP contribution in [0.4, 0.5) is 0 Å². The number of carbonyl (C=O) groups excluding carboxylic acids is 1. The maximum atomic E-state index is 8.00. The number of rotatable bonds is 0. The second-order valence-electron chi connectivity index (χ2n) is 2.20. The van der Waals surface area contributed by atoms with Gasteiger partial charge in [0.15, 0.2) is 0 Å². The topological polar surface area (TPSA) is 30.0 Å². The lowest BCUT2D eigenvalue weighted by atomic mass is 10.2. The molecule has 0 N–H and O–H groups in total. The molecule has 1 aromatic carbocycles. The van der Waals surface area contributed by atoms with Crippen molar-refractivity contribution in [2.75, 3.05) is 0 Å². The molecule has 2 rings (SSSR count). The van der Waals surface area contributed by atoms with Gasteiger partial charge in [0.2, 0.25) is 0 Å². The van der Waals surface area contributed by atoms with Crippen LogP contribution in [0.2, 0.25) is 0 Å². The number of benzene rings is 1. The fourth-order valence-corrected chi connectivity index (χ4v) is 1.02. The van der Waals surface area contributed by atoms with E-state index >= 15 is 0 Å². The largest absolute Gasteiger partial charge is 0.307 e. The first-order valence-corrected chi connectivity index (χ1v) is 4.05. The predicted octanol–water partition coefficient (Wildman–Crippen LogP) is 2.85. The molecule has 2 nitrogen and oxygen atoms in total. The zero-order valence-electron chi connectivity index (χ0n) is 8.02. The summed E-state index contributed by atoms with van der Waals surface area (Å²) in [7, 11) is 0. The molecule has 0 radical (unpaired) electrons. The highest BCUT2D eigenvalue weighted by Gasteiger charge is 1.86. The predicted molar refractivity (Wildman–Crippen MR) is 60.1 cm³/mol. The molecular weight excluding hydrogens is 174 g/mol. The summed E-state index contributed by atoms with van der Waals surface area (Å²) in [6.07, 6.45) is 1.81. The van der Waals surface area contributed by atoms with E-state index in [0.717, 1.165) is 5.52 Å². The van der Waals surface area contributed by atoms with Crippen LogP contribution in [0.25, 0.3) is 10.9 Å². The minimum atomic E-state index is 1.06. The summed E-state index contributed by atoms with van der Waals surface area (Å²) in [6.45, 7) is 8.00. The van der Waals surface area contributed by atoms with Crippen LogP contribution < -0.4 is 0 Å². The van der Waals surface area contributed by atoms with Gasteiger partial charge in [-0.1, -0.05) is 24.3 Å². The van der Waals surface area contributed by atoms with E-state index in [0.29, 0.717) is 0 Å². The molecule has 2 aromatic rings. The van der Waals surface area contributed by atoms with Gasteiger partial charge in [0.1, 0.15) is 6.79 Å². The first-order valence-electron chi connectivity index (χ1n) is 4.05. The molecule has 0 amide bonds. The molecule has 0 unspecified atom stereocenters. The Kier molecular flexibility index (Phi) is 6.60. The minimum Gasteiger partial charge on any atom is -0.307 e. The van der Waals surface area contributed by atoms with E-state index in [1.54, 1.807) is 0 Å². The number of hydrogen-bond acceptors (Lipinski definition) is 2. The number of aromatic nitrogens is 1. The highest BCUT2D eigenvalue weighted by atomic mass is 16.1. The second kappa shape index (κ2) is 7.68. The Hall–Kier alpha value is -1.96. The van der Waals surface area contributed by atoms with Crippen molar-refractivity contribution in [2.45, 2.75) is 0 Å². The van der Waals surface area contributed by atoms with E-state index in [2.05, 4.69) is 30.3 Å². The van der Waals surface area contributed by atoms with Gasteiger partial charge in [0.05, 0.1) is 5.52 Å². The molecule has 2 heteroatoms. The van der Waals surface area contributed by atoms with Crippen molar-refractivity contribution in [1.29, 1.82) is 0 Å². The van der Waals surface area contributed by atoms with Gasteiger partial charge >= 0.3 is 0 Å². The molecule has 0 spiro atoms. The molecule has 1 heterocycles. The Morgan fingerprint density at radius 3 is 2.14 bits per heavy atom. The Bertz CT molecular complexity index is 306. The van der Waals surface area contributed by atoms with E-state index in [9.17, 15) is 0 Å². The van der Waals surface area contributed by atoms with Crippen molar-refractivity contribution in [3.63, 3.8) is 0 Å². The van der Waals surface area contributed by atoms with Crippen molar-refractivity contribution in [1.82, 2.24) is 4.98 Å². The Balaban J connectivity index is 0.000000379. The van der Waals surface area contributed by atoms with Crippen molar-refractivity contribution < 1.29 is 4.79 Å². The Morgan fingerprint density at radius 1 is 0.929 bits per heavy atom. The fraction of sp³-hybridized carbons (Fsp3) is 0. The molecule has 0 atom stereocenters. The summed E-state index contributed by atoms with van der Waals surface area (Å²) < 4.78 is 0. The highest BCUT2D eigenvalue weighted by molar-refractivity contribution is 5.77. The minimum absolute atomic E-state index is 1.06. The van der Waals surface area contributed by atoms with E-state index < -0.39 is 0 Å². The number of para-hydroxylation sites is 1. The van der Waals surface area contributed by atoms with Crippen molar-refractivity contribution in [3.05, 3.63) is 55.8 Å². The van der Waals surface area contributed by atoms with Crippen LogP contribution >= 0.6 is 0 Å². The zero-order valence-corrected chi connectivity index (χ0v) is 8.02. The summed E-state index contributed by atoms with van der Waals surface area (Å²) in [4.78, 5) is 12.2. The monoisotopic (exact) mass is 187 g/mol. The average molecular weight is 187 g/mol. The van der Waals surface area contributed by atoms with Crippen molar-refractivity contribution in [2.24, 2.45) is 0 Å². The summed E-state index contributed by atoms with van der Waals surface area (Å²) in [5.41, 5.74) is 1.06. The summed E-state index contributed by atoms with van der Waals surface area (Å²) in [5.74, 6) is 0. The molecule has 0 aliphatic heterocycles. The van der Waals surface area contributed by atoms with Crippen LogP contribution in [0.5, 0.6) is 0 Å². The zero-order chi connectivity index (χ0) is 10.8. The molecule has 0 aliphatic carbocycles. The molecule has 14 heavy (non-hydrogen) atoms. The summed E-state index contributed by atoms with van der Waals surface area (Å²) >= 11 is 0. The van der Waals surface area contributed by atoms with Crippen LogP contribution in [0, 0.1) is 0 Å². The third-order valence-electron chi connectivity index (χ3n) is 1.51. The lowest BCUT2D eigenvalue weighted by Crippen LogP contribution is -1.73. The van der Waals surface area contributed by atoms with Gasteiger partial charge in [0, 0.05) is 11.6 Å². The van der Waals surface area contributed by atoms with E-state index in [1.807, 2.05) is 37.3 Å². The lowest BCUT2D eigenvalue weighted by Gasteiger charge is -1.91. The number of pyridine rings is 1. The molecule has 1 aromatic heterocycles. The van der Waals surface area contributed by atoms with Crippen LogP contribution in [0.3, 0.4) is 0 Å². The maximum Gasteiger partial charge on any atom is 0.106 e. The third-order valence-corrected chi connectivity index (χ3v) is 1.51. The molecule has 0 fully saturated rings. The number of nitrogens with zero attached hydrogens (tertiary/aromatic N) is 1. The highest BCUT2D eigenvalue weighted by Crippen LogP contribution is 2.07. The second-order valence-corrected chi connectivity index (χ2v) is 2.20. The quantitative estimate of drug-likeness (QED) is 0.593. The maximum absolute atomic E-state index is 8.00. The van der Waals surface area contributed by atoms with Gasteiger partial charge < -0.3 is 4.79 Å². The lowest BCUT2D eigenvalue weighted by molar-refractivity contribution is -0.0979. The van der Waals surface area contributed by atoms with Crippen LogP contribution in [-0.2, 0) is 4.79 Å². The van der Waals surface area contributed by atoms with Crippen LogP contribution in [-0.4, -0.2) is 11.8 Å². The molecule has 72 valence electrons. The van der Waals surface area contributed by atoms with Crippen molar-refractivity contribution >= 4 is 17.7 Å². The van der Waals surface area contributed by atoms with Gasteiger partial charge in [0.25, 0.3) is 0 Å². The number of fused-ring (bicyclic) bond motifs is 1. The van der Waals surface area contributed by atoms with Gasteiger partial charge in [-0.2, -0.15) is 0 Å². The number of carbonyl (C=O) groups is 1. The van der Waals surface area contributed by atoms with E-state index in [1.165, 1.54) is 5.39 Å². The van der Waals surface area contributed by atoms with E-state index in [-0.39, 0.29) is 0 Å². The van der Waals surface area contributed by atoms with Crippen LogP contribution in [0.1, 0.15) is 0 Å². The van der Waals surface area contributed by atoms with Gasteiger partial charge in [-0.25, -0.2) is 0 Å². The van der Waals surface area contributed by atoms with Crippen molar-refractivity contribution in [3.8, 4) is 0 Å². The van der Waals surface area contributed by atoms with Crippen LogP contribution in [0.15, 0.2) is 55.8 Å². The summed E-state index contributed by atoms with van der Waals surface area (Å²) in [5, 5.41) is 1.20. The molecule has 0 saturated carbocycles. The third kappa shape index (κ3) is 3.19. The molecule has 0 aliphatic rings. The standard InChI is InChI=1S/C9H7N.C2H4.CH2O/c1-2-6-9-8(4-1)5-3-7-10-9;2*1-2/h1-7H;1-2H2;1H2. The fourth-order valence-electron chi connectivity index (χ4n) is 1.02. The molecular formula is C12H13NO. The first-order chi connectivity index (χ1) is 6.97. The normalized spacial score (nSPS) is 7.71. The molecule has 0 bridgehead atoms. The van der Waals surface area contributed by atoms with Gasteiger partial charge in [-0.05, 0) is 12.1 Å². The SMILES string of the molecule is C=C.C=O.c1ccc2ncccc2c1. The first kappa shape index (κ1) is 12.0. The Labute approximate surface area is 83.9 Å². The molecule has 0 saturated heterocycles. The average Bonchev–Trinajstić information content (AvgIpc) is 2.34. The van der Waals surface area contributed by atoms with E-state index in [4.69, 9.17) is 4.79 Å². The Morgan fingerprint density at radius 2 is 1.50 bits per heavy atom. The summed E-state index contributed by atoms with van der Waals surface area (Å²) in [6, 6.07) is 12.1. The number of hydrogen-bond donors (Lipinski definition) is 0.